The summed E-state index contributed by atoms with van der Waals surface area (Å²) in [4.78, 5) is 21.9. The Hall–Kier alpha value is -3.00. The van der Waals surface area contributed by atoms with Gasteiger partial charge in [-0.3, -0.25) is 4.79 Å². The van der Waals surface area contributed by atoms with Gasteiger partial charge in [0.25, 0.3) is 0 Å². The minimum atomic E-state index is -0.0801. The Morgan fingerprint density at radius 2 is 1.78 bits per heavy atom. The second-order valence-electron chi connectivity index (χ2n) is 6.24. The van der Waals surface area contributed by atoms with Crippen LogP contribution in [0.4, 0.5) is 17.5 Å². The number of aromatic nitrogens is 3. The van der Waals surface area contributed by atoms with Gasteiger partial charge < -0.3 is 15.1 Å². The molecular weight excluding hydrogens is 360 g/mol. The van der Waals surface area contributed by atoms with Crippen molar-refractivity contribution in [3.05, 3.63) is 58.9 Å². The molecule has 8 heteroatoms. The number of nitrogens with zero attached hydrogens (tertiary/aromatic N) is 5. The number of pyridine rings is 1. The number of hydrogen-bond donors (Lipinski definition) is 1. The number of rotatable bonds is 5. The fourth-order valence-electron chi connectivity index (χ4n) is 3.02. The molecule has 0 atom stereocenters. The number of piperazine rings is 1. The van der Waals surface area contributed by atoms with Crippen LogP contribution in [0.5, 0.6) is 0 Å². The molecule has 1 N–H and O–H groups in total. The van der Waals surface area contributed by atoms with Crippen molar-refractivity contribution < 1.29 is 4.79 Å². The maximum Gasteiger partial charge on any atom is 0.230 e. The van der Waals surface area contributed by atoms with Crippen LogP contribution in [-0.4, -0.2) is 47.3 Å². The predicted molar refractivity (Wildman–Crippen MR) is 107 cm³/mol. The minimum Gasteiger partial charge on any atom is -0.353 e. The Morgan fingerprint density at radius 1 is 0.963 bits per heavy atom. The van der Waals surface area contributed by atoms with Gasteiger partial charge in [-0.15, -0.1) is 21.5 Å². The van der Waals surface area contributed by atoms with Crippen LogP contribution in [0, 0.1) is 0 Å². The summed E-state index contributed by atoms with van der Waals surface area (Å²) in [5.74, 6) is 2.23. The first-order valence-electron chi connectivity index (χ1n) is 8.85. The van der Waals surface area contributed by atoms with E-state index in [0.717, 1.165) is 42.7 Å². The van der Waals surface area contributed by atoms with Gasteiger partial charge in [0.2, 0.25) is 5.91 Å². The lowest BCUT2D eigenvalue weighted by atomic mass is 10.3. The fourth-order valence-corrected chi connectivity index (χ4v) is 3.73. The molecule has 27 heavy (non-hydrogen) atoms. The monoisotopic (exact) mass is 380 g/mol. The maximum atomic E-state index is 12.0. The van der Waals surface area contributed by atoms with Crippen LogP contribution in [-0.2, 0) is 11.2 Å². The highest BCUT2D eigenvalue weighted by Gasteiger charge is 2.19. The molecule has 1 aliphatic rings. The van der Waals surface area contributed by atoms with E-state index in [0.29, 0.717) is 12.2 Å². The molecule has 0 bridgehead atoms. The highest BCUT2D eigenvalue weighted by Crippen LogP contribution is 2.18. The van der Waals surface area contributed by atoms with Crippen LogP contribution in [0.1, 0.15) is 4.88 Å². The van der Waals surface area contributed by atoms with Crippen LogP contribution in [0.3, 0.4) is 0 Å². The highest BCUT2D eigenvalue weighted by molar-refractivity contribution is 7.10. The molecule has 0 unspecified atom stereocenters. The third kappa shape index (κ3) is 4.40. The molecule has 0 spiro atoms. The molecule has 0 aliphatic carbocycles. The van der Waals surface area contributed by atoms with Gasteiger partial charge in [0.1, 0.15) is 5.82 Å². The Morgan fingerprint density at radius 3 is 2.41 bits per heavy atom. The first kappa shape index (κ1) is 17.4. The molecule has 4 rings (SSSR count). The molecule has 0 aromatic carbocycles. The molecule has 1 amide bonds. The van der Waals surface area contributed by atoms with Gasteiger partial charge in [0.05, 0.1) is 6.42 Å². The van der Waals surface area contributed by atoms with Gasteiger partial charge in [-0.1, -0.05) is 12.1 Å². The largest absolute Gasteiger partial charge is 0.353 e. The van der Waals surface area contributed by atoms with Gasteiger partial charge >= 0.3 is 0 Å². The third-order valence-electron chi connectivity index (χ3n) is 4.41. The van der Waals surface area contributed by atoms with E-state index in [2.05, 4.69) is 30.3 Å². The van der Waals surface area contributed by atoms with Crippen molar-refractivity contribution in [2.75, 3.05) is 41.3 Å². The average molecular weight is 380 g/mol. The van der Waals surface area contributed by atoms with Crippen LogP contribution in [0.2, 0.25) is 0 Å². The first-order valence-corrected chi connectivity index (χ1v) is 9.73. The zero-order chi connectivity index (χ0) is 18.5. The molecular formula is C19H20N6OS. The molecule has 1 saturated heterocycles. The summed E-state index contributed by atoms with van der Waals surface area (Å²) in [7, 11) is 0. The van der Waals surface area contributed by atoms with E-state index in [-0.39, 0.29) is 5.91 Å². The molecule has 1 aliphatic heterocycles. The molecule has 7 nitrogen and oxygen atoms in total. The summed E-state index contributed by atoms with van der Waals surface area (Å²) in [5, 5.41) is 13.2. The molecule has 4 heterocycles. The van der Waals surface area contributed by atoms with Crippen molar-refractivity contribution >= 4 is 34.7 Å². The van der Waals surface area contributed by atoms with Crippen LogP contribution in [0.15, 0.2) is 54.0 Å². The van der Waals surface area contributed by atoms with Crippen molar-refractivity contribution in [3.63, 3.8) is 0 Å². The number of carbonyl (C=O) groups is 1. The number of amides is 1. The summed E-state index contributed by atoms with van der Waals surface area (Å²) in [6.45, 7) is 3.49. The number of thiophene rings is 1. The third-order valence-corrected chi connectivity index (χ3v) is 5.29. The Balaban J connectivity index is 1.31. The molecule has 1 fully saturated rings. The molecule has 3 aromatic heterocycles. The normalized spacial score (nSPS) is 14.2. The van der Waals surface area contributed by atoms with E-state index in [1.807, 2.05) is 48.0 Å². The smallest absolute Gasteiger partial charge is 0.230 e. The Bertz CT molecular complexity index is 861. The summed E-state index contributed by atoms with van der Waals surface area (Å²) >= 11 is 1.57. The summed E-state index contributed by atoms with van der Waals surface area (Å²) < 4.78 is 0. The maximum absolute atomic E-state index is 12.0. The van der Waals surface area contributed by atoms with E-state index in [1.165, 1.54) is 0 Å². The van der Waals surface area contributed by atoms with Gasteiger partial charge in [-0.05, 0) is 35.7 Å². The zero-order valence-electron chi connectivity index (χ0n) is 14.8. The van der Waals surface area contributed by atoms with Crippen LogP contribution >= 0.6 is 11.3 Å². The minimum absolute atomic E-state index is 0.0801. The zero-order valence-corrected chi connectivity index (χ0v) is 15.6. The van der Waals surface area contributed by atoms with Crippen molar-refractivity contribution in [2.24, 2.45) is 0 Å². The number of anilines is 3. The average Bonchev–Trinajstić information content (AvgIpc) is 3.22. The SMILES string of the molecule is O=C(Cc1cccs1)Nc1ccc(N2CCN(c3ccccn3)CC2)nn1. The van der Waals surface area contributed by atoms with Crippen molar-refractivity contribution in [3.8, 4) is 0 Å². The number of carbonyl (C=O) groups excluding carboxylic acids is 1. The Kier molecular flexibility index (Phi) is 5.24. The lowest BCUT2D eigenvalue weighted by Gasteiger charge is -2.35. The second kappa shape index (κ2) is 8.13. The van der Waals surface area contributed by atoms with Gasteiger partial charge in [0, 0.05) is 37.3 Å². The van der Waals surface area contributed by atoms with Crippen LogP contribution < -0.4 is 15.1 Å². The van der Waals surface area contributed by atoms with E-state index in [9.17, 15) is 4.79 Å². The van der Waals surface area contributed by atoms with E-state index in [1.54, 1.807) is 17.4 Å². The van der Waals surface area contributed by atoms with Gasteiger partial charge in [-0.2, -0.15) is 0 Å². The number of nitrogens with one attached hydrogen (secondary N) is 1. The molecule has 3 aromatic rings. The molecule has 138 valence electrons. The topological polar surface area (TPSA) is 74.2 Å². The predicted octanol–water partition coefficient (Wildman–Crippen LogP) is 2.44. The quantitative estimate of drug-likeness (QED) is 0.733. The number of hydrogen-bond acceptors (Lipinski definition) is 7. The lowest BCUT2D eigenvalue weighted by molar-refractivity contribution is -0.115. The van der Waals surface area contributed by atoms with Gasteiger partial charge in [0.15, 0.2) is 11.6 Å². The van der Waals surface area contributed by atoms with E-state index >= 15 is 0 Å². The fraction of sp³-hybridized carbons (Fsp3) is 0.263. The first-order chi connectivity index (χ1) is 13.3. The summed E-state index contributed by atoms with van der Waals surface area (Å²) in [6.07, 6.45) is 2.18. The van der Waals surface area contributed by atoms with Crippen molar-refractivity contribution in [1.82, 2.24) is 15.2 Å². The standard InChI is InChI=1S/C19H20N6OS/c26-19(14-15-4-3-13-27-15)21-16-6-7-18(23-22-16)25-11-9-24(10-12-25)17-5-1-2-8-20-17/h1-8,13H,9-12,14H2,(H,21,22,26). The Labute approximate surface area is 161 Å². The summed E-state index contributed by atoms with van der Waals surface area (Å²) in [5.41, 5.74) is 0. The molecule has 0 saturated carbocycles. The second-order valence-corrected chi connectivity index (χ2v) is 7.28. The van der Waals surface area contributed by atoms with E-state index < -0.39 is 0 Å². The van der Waals surface area contributed by atoms with Gasteiger partial charge in [-0.25, -0.2) is 4.98 Å². The van der Waals surface area contributed by atoms with Crippen molar-refractivity contribution in [1.29, 1.82) is 0 Å². The van der Waals surface area contributed by atoms with Crippen LogP contribution in [0.25, 0.3) is 0 Å². The summed E-state index contributed by atoms with van der Waals surface area (Å²) in [6, 6.07) is 13.6. The lowest BCUT2D eigenvalue weighted by Crippen LogP contribution is -2.47. The highest BCUT2D eigenvalue weighted by atomic mass is 32.1. The molecule has 0 radical (unpaired) electrons. The van der Waals surface area contributed by atoms with Crippen molar-refractivity contribution in [2.45, 2.75) is 6.42 Å². The van der Waals surface area contributed by atoms with E-state index in [4.69, 9.17) is 0 Å².